The van der Waals surface area contributed by atoms with Crippen LogP contribution in [-0.2, 0) is 9.47 Å². The Morgan fingerprint density at radius 3 is 2.61 bits per heavy atom. The predicted octanol–water partition coefficient (Wildman–Crippen LogP) is 3.00. The van der Waals surface area contributed by atoms with Crippen molar-refractivity contribution in [1.29, 1.82) is 0 Å². The summed E-state index contributed by atoms with van der Waals surface area (Å²) in [6.07, 6.45) is -2.28. The van der Waals surface area contributed by atoms with Gasteiger partial charge in [0.25, 0.3) is 0 Å². The van der Waals surface area contributed by atoms with E-state index in [2.05, 4.69) is 46.8 Å². The smallest absolute Gasteiger partial charge is 0.227 e. The van der Waals surface area contributed by atoms with Gasteiger partial charge in [0.1, 0.15) is 30.1 Å². The molecule has 8 heteroatoms. The van der Waals surface area contributed by atoms with E-state index in [1.54, 1.807) is 7.11 Å². The first-order valence-corrected chi connectivity index (χ1v) is 12.0. The summed E-state index contributed by atoms with van der Waals surface area (Å²) < 4.78 is 19.4. The molecule has 2 aliphatic rings. The van der Waals surface area contributed by atoms with Crippen molar-refractivity contribution in [2.75, 3.05) is 13.7 Å². The van der Waals surface area contributed by atoms with Crippen LogP contribution in [0.4, 0.5) is 0 Å². The van der Waals surface area contributed by atoms with Gasteiger partial charge < -0.3 is 34.1 Å². The van der Waals surface area contributed by atoms with Crippen LogP contribution in [0.2, 0.25) is 0 Å². The van der Waals surface area contributed by atoms with Crippen LogP contribution >= 0.6 is 0 Å². The number of ether oxygens (including phenoxy) is 3. The summed E-state index contributed by atoms with van der Waals surface area (Å²) in [5.74, 6) is 1.06. The number of aliphatic hydroxyl groups excluding tert-OH is 3. The lowest BCUT2D eigenvalue weighted by molar-refractivity contribution is -0.234. The second kappa shape index (κ2) is 8.90. The van der Waals surface area contributed by atoms with Gasteiger partial charge in [-0.1, -0.05) is 36.4 Å². The SMILES string of the molecule is COc1ccc2c(C3=N[C@H]4[C@@H](O3)O[C@H](CO)[C@@H](O)[C@@H]4O)cn(C(C)c3ccc4ccccc4c3)c2c1. The molecular formula is C28H28N2O6. The topological polar surface area (TPSA) is 106 Å². The minimum Gasteiger partial charge on any atom is -0.497 e. The Kier molecular flexibility index (Phi) is 5.69. The standard InChI is InChI=1S/C28H28N2O6/c1-15(17-8-7-16-5-3-4-6-18(16)11-17)30-13-21(20-10-9-19(34-2)12-22(20)30)27-29-24-26(33)25(32)23(14-31)35-28(24)36-27/h3-13,15,23-26,28,31-33H,14H2,1-2H3/t15?,23-,24-,25-,26-,28-/m1/s1. The molecule has 1 fully saturated rings. The van der Waals surface area contributed by atoms with Crippen molar-refractivity contribution in [2.45, 2.75) is 43.6 Å². The Morgan fingerprint density at radius 1 is 1.03 bits per heavy atom. The number of fused-ring (bicyclic) bond motifs is 3. The fourth-order valence-electron chi connectivity index (χ4n) is 5.19. The van der Waals surface area contributed by atoms with E-state index in [0.29, 0.717) is 5.90 Å². The zero-order chi connectivity index (χ0) is 25.0. The fraction of sp³-hybridized carbons (Fsp3) is 0.321. The molecular weight excluding hydrogens is 460 g/mol. The quantitative estimate of drug-likeness (QED) is 0.399. The highest BCUT2D eigenvalue weighted by atomic mass is 16.7. The number of benzene rings is 3. The molecule has 0 aliphatic carbocycles. The molecule has 0 radical (unpaired) electrons. The zero-order valence-electron chi connectivity index (χ0n) is 20.0. The number of aliphatic hydroxyl groups is 3. The van der Waals surface area contributed by atoms with Crippen LogP contribution in [0, 0.1) is 0 Å². The Labute approximate surface area is 208 Å². The van der Waals surface area contributed by atoms with Crippen molar-refractivity contribution in [3.63, 3.8) is 0 Å². The fourth-order valence-corrected chi connectivity index (χ4v) is 5.19. The number of hydrogen-bond donors (Lipinski definition) is 3. The van der Waals surface area contributed by atoms with Crippen molar-refractivity contribution in [1.82, 2.24) is 4.57 Å². The lowest BCUT2D eigenvalue weighted by Crippen LogP contribution is -2.56. The first-order chi connectivity index (χ1) is 17.5. The maximum atomic E-state index is 10.6. The molecule has 0 bridgehead atoms. The van der Waals surface area contributed by atoms with Crippen LogP contribution in [0.5, 0.6) is 5.75 Å². The second-order valence-corrected chi connectivity index (χ2v) is 9.37. The minimum absolute atomic E-state index is 0.00956. The normalized spacial score (nSPS) is 26.5. The molecule has 3 aromatic carbocycles. The van der Waals surface area contributed by atoms with Crippen molar-refractivity contribution in [2.24, 2.45) is 4.99 Å². The van der Waals surface area contributed by atoms with E-state index in [1.165, 1.54) is 10.8 Å². The molecule has 3 N–H and O–H groups in total. The van der Waals surface area contributed by atoms with Gasteiger partial charge in [0.15, 0.2) is 0 Å². The minimum atomic E-state index is -1.25. The van der Waals surface area contributed by atoms with Gasteiger partial charge in [0.05, 0.1) is 30.8 Å². The van der Waals surface area contributed by atoms with Gasteiger partial charge in [0, 0.05) is 17.6 Å². The highest BCUT2D eigenvalue weighted by molar-refractivity contribution is 6.08. The van der Waals surface area contributed by atoms with E-state index >= 15 is 0 Å². The largest absolute Gasteiger partial charge is 0.497 e. The molecule has 8 nitrogen and oxygen atoms in total. The molecule has 3 heterocycles. The van der Waals surface area contributed by atoms with E-state index in [9.17, 15) is 15.3 Å². The molecule has 2 aliphatic heterocycles. The summed E-state index contributed by atoms with van der Waals surface area (Å²) in [4.78, 5) is 4.59. The van der Waals surface area contributed by atoms with Crippen LogP contribution in [0.1, 0.15) is 24.1 Å². The van der Waals surface area contributed by atoms with E-state index in [4.69, 9.17) is 14.2 Å². The van der Waals surface area contributed by atoms with Crippen LogP contribution in [0.15, 0.2) is 71.9 Å². The van der Waals surface area contributed by atoms with Crippen molar-refractivity contribution >= 4 is 27.6 Å². The molecule has 6 rings (SSSR count). The Balaban J connectivity index is 1.43. The summed E-state index contributed by atoms with van der Waals surface area (Å²) >= 11 is 0. The highest BCUT2D eigenvalue weighted by Crippen LogP contribution is 2.36. The number of methoxy groups -OCH3 is 1. The maximum absolute atomic E-state index is 10.6. The van der Waals surface area contributed by atoms with Crippen LogP contribution < -0.4 is 4.74 Å². The lowest BCUT2D eigenvalue weighted by atomic mass is 9.98. The molecule has 36 heavy (non-hydrogen) atoms. The van der Waals surface area contributed by atoms with Gasteiger partial charge in [-0.2, -0.15) is 0 Å². The highest BCUT2D eigenvalue weighted by Gasteiger charge is 2.49. The summed E-state index contributed by atoms with van der Waals surface area (Å²) in [6.45, 7) is 1.71. The number of aromatic nitrogens is 1. The first kappa shape index (κ1) is 23.0. The van der Waals surface area contributed by atoms with Crippen molar-refractivity contribution in [3.8, 4) is 5.75 Å². The van der Waals surface area contributed by atoms with E-state index < -0.39 is 37.3 Å². The van der Waals surface area contributed by atoms with Gasteiger partial charge in [-0.15, -0.1) is 0 Å². The third-order valence-corrected chi connectivity index (χ3v) is 7.29. The lowest BCUT2D eigenvalue weighted by Gasteiger charge is -2.36. The molecule has 0 saturated carbocycles. The molecule has 1 unspecified atom stereocenters. The van der Waals surface area contributed by atoms with Crippen LogP contribution in [0.3, 0.4) is 0 Å². The van der Waals surface area contributed by atoms with Gasteiger partial charge in [-0.05, 0) is 41.5 Å². The summed E-state index contributed by atoms with van der Waals surface area (Å²) in [7, 11) is 1.64. The zero-order valence-corrected chi connectivity index (χ0v) is 20.0. The number of aliphatic imine (C=N–C) groups is 1. The number of hydrogen-bond acceptors (Lipinski definition) is 7. The summed E-state index contributed by atoms with van der Waals surface area (Å²) in [6, 6.07) is 19.8. The third-order valence-electron chi connectivity index (χ3n) is 7.29. The van der Waals surface area contributed by atoms with E-state index in [0.717, 1.165) is 27.8 Å². The van der Waals surface area contributed by atoms with Crippen molar-refractivity contribution < 1.29 is 29.5 Å². The Morgan fingerprint density at radius 2 is 1.83 bits per heavy atom. The van der Waals surface area contributed by atoms with Gasteiger partial charge in [-0.25, -0.2) is 4.99 Å². The predicted molar refractivity (Wildman–Crippen MR) is 135 cm³/mol. The molecule has 1 saturated heterocycles. The summed E-state index contributed by atoms with van der Waals surface area (Å²) in [5, 5.41) is 33.6. The Hall–Kier alpha value is -3.43. The van der Waals surface area contributed by atoms with Gasteiger partial charge >= 0.3 is 0 Å². The molecule has 0 amide bonds. The summed E-state index contributed by atoms with van der Waals surface area (Å²) in [5.41, 5.74) is 2.84. The third kappa shape index (κ3) is 3.65. The van der Waals surface area contributed by atoms with Crippen LogP contribution in [0.25, 0.3) is 21.7 Å². The molecule has 0 spiro atoms. The second-order valence-electron chi connectivity index (χ2n) is 9.37. The molecule has 1 aromatic heterocycles. The average Bonchev–Trinajstić information content (AvgIpc) is 3.51. The molecule has 6 atom stereocenters. The monoisotopic (exact) mass is 488 g/mol. The Bertz CT molecular complexity index is 1460. The molecule has 4 aromatic rings. The van der Waals surface area contributed by atoms with Gasteiger partial charge in [-0.3, -0.25) is 0 Å². The van der Waals surface area contributed by atoms with E-state index in [-0.39, 0.29) is 6.04 Å². The number of rotatable bonds is 5. The van der Waals surface area contributed by atoms with Crippen molar-refractivity contribution in [3.05, 3.63) is 78.0 Å². The van der Waals surface area contributed by atoms with E-state index in [1.807, 2.05) is 36.5 Å². The average molecular weight is 489 g/mol. The van der Waals surface area contributed by atoms with Crippen LogP contribution in [-0.4, -0.2) is 70.1 Å². The van der Waals surface area contributed by atoms with Gasteiger partial charge in [0.2, 0.25) is 12.2 Å². The maximum Gasteiger partial charge on any atom is 0.227 e. The molecule has 186 valence electrons. The number of nitrogens with zero attached hydrogens (tertiary/aromatic N) is 2. The first-order valence-electron chi connectivity index (χ1n) is 12.0.